The van der Waals surface area contributed by atoms with Crippen molar-refractivity contribution in [2.75, 3.05) is 7.11 Å². The van der Waals surface area contributed by atoms with Crippen LogP contribution in [0.25, 0.3) is 11.1 Å². The molecule has 0 radical (unpaired) electrons. The molecule has 15 heavy (non-hydrogen) atoms. The molecule has 2 rings (SSSR count). The Morgan fingerprint density at radius 3 is 3.07 bits per heavy atom. The van der Waals surface area contributed by atoms with Crippen molar-refractivity contribution in [3.8, 4) is 0 Å². The molecule has 5 heteroatoms. The molecule has 0 amide bonds. The molecule has 0 saturated carbocycles. The Kier molecular flexibility index (Phi) is 2.29. The summed E-state index contributed by atoms with van der Waals surface area (Å²) in [6, 6.07) is 5.08. The van der Waals surface area contributed by atoms with Crippen LogP contribution in [-0.4, -0.2) is 18.1 Å². The number of carbonyl (C=O) groups is 1. The number of oxazole rings is 1. The maximum atomic E-state index is 11.0. The summed E-state index contributed by atoms with van der Waals surface area (Å²) in [7, 11) is 1.33. The van der Waals surface area contributed by atoms with E-state index in [1.54, 1.807) is 18.2 Å². The van der Waals surface area contributed by atoms with Crippen LogP contribution < -0.4 is 5.76 Å². The summed E-state index contributed by atoms with van der Waals surface area (Å²) in [5.41, 5.74) is 1.81. The quantitative estimate of drug-likeness (QED) is 0.740. The molecular formula is C10H9NO4. The van der Waals surface area contributed by atoms with Gasteiger partial charge in [-0.25, -0.2) is 4.79 Å². The molecule has 1 heterocycles. The number of fused-ring (bicyclic) bond motifs is 1. The Morgan fingerprint density at radius 2 is 2.33 bits per heavy atom. The predicted molar refractivity (Wildman–Crippen MR) is 52.6 cm³/mol. The molecule has 0 spiro atoms. The largest absolute Gasteiger partial charge is 0.469 e. The van der Waals surface area contributed by atoms with E-state index in [0.29, 0.717) is 11.1 Å². The highest BCUT2D eigenvalue weighted by Crippen LogP contribution is 2.12. The minimum Gasteiger partial charge on any atom is -0.469 e. The number of hydrogen-bond donors (Lipinski definition) is 1. The van der Waals surface area contributed by atoms with Gasteiger partial charge in [-0.3, -0.25) is 9.78 Å². The van der Waals surface area contributed by atoms with Gasteiger partial charge in [0.2, 0.25) is 0 Å². The summed E-state index contributed by atoms with van der Waals surface area (Å²) in [4.78, 5) is 24.4. The van der Waals surface area contributed by atoms with E-state index in [4.69, 9.17) is 4.42 Å². The van der Waals surface area contributed by atoms with Gasteiger partial charge < -0.3 is 9.15 Å². The highest BCUT2D eigenvalue weighted by molar-refractivity contribution is 5.77. The van der Waals surface area contributed by atoms with Crippen LogP contribution >= 0.6 is 0 Å². The fourth-order valence-corrected chi connectivity index (χ4v) is 1.34. The first-order valence-corrected chi connectivity index (χ1v) is 4.37. The Labute approximate surface area is 84.7 Å². The number of ether oxygens (including phenoxy) is 1. The van der Waals surface area contributed by atoms with Crippen LogP contribution in [0.3, 0.4) is 0 Å². The van der Waals surface area contributed by atoms with Crippen LogP contribution in [0.2, 0.25) is 0 Å². The lowest BCUT2D eigenvalue weighted by molar-refractivity contribution is -0.139. The van der Waals surface area contributed by atoms with Gasteiger partial charge in [-0.15, -0.1) is 0 Å². The molecule has 0 fully saturated rings. The third kappa shape index (κ3) is 1.90. The van der Waals surface area contributed by atoms with Crippen LogP contribution in [0.15, 0.2) is 27.4 Å². The van der Waals surface area contributed by atoms with E-state index in [2.05, 4.69) is 9.72 Å². The van der Waals surface area contributed by atoms with E-state index in [9.17, 15) is 9.59 Å². The summed E-state index contributed by atoms with van der Waals surface area (Å²) in [5.74, 6) is -0.826. The lowest BCUT2D eigenvalue weighted by atomic mass is 10.1. The Hall–Kier alpha value is -2.04. The molecule has 0 bridgehead atoms. The summed E-state index contributed by atoms with van der Waals surface area (Å²) in [5, 5.41) is 0. The van der Waals surface area contributed by atoms with Crippen molar-refractivity contribution in [3.05, 3.63) is 34.3 Å². The number of hydrogen-bond acceptors (Lipinski definition) is 4. The molecule has 78 valence electrons. The van der Waals surface area contributed by atoms with Crippen LogP contribution in [0.4, 0.5) is 0 Å². The maximum absolute atomic E-state index is 11.0. The van der Waals surface area contributed by atoms with Crippen LogP contribution in [0.1, 0.15) is 5.56 Å². The zero-order valence-corrected chi connectivity index (χ0v) is 8.07. The second-order valence-electron chi connectivity index (χ2n) is 3.10. The molecule has 1 aromatic carbocycles. The highest BCUT2D eigenvalue weighted by atomic mass is 16.5. The van der Waals surface area contributed by atoms with E-state index < -0.39 is 5.76 Å². The number of methoxy groups -OCH3 is 1. The molecule has 0 aliphatic rings. The lowest BCUT2D eigenvalue weighted by Gasteiger charge is -1.98. The van der Waals surface area contributed by atoms with Gasteiger partial charge >= 0.3 is 11.7 Å². The Balaban J connectivity index is 2.38. The van der Waals surface area contributed by atoms with Gasteiger partial charge in [0.25, 0.3) is 0 Å². The molecule has 0 aliphatic carbocycles. The number of H-pyrrole nitrogens is 1. The number of rotatable bonds is 2. The smallest absolute Gasteiger partial charge is 0.417 e. The van der Waals surface area contributed by atoms with Crippen LogP contribution in [0, 0.1) is 0 Å². The van der Waals surface area contributed by atoms with Gasteiger partial charge in [-0.05, 0) is 17.7 Å². The second-order valence-corrected chi connectivity index (χ2v) is 3.10. The van der Waals surface area contributed by atoms with Gasteiger partial charge in [0.05, 0.1) is 19.0 Å². The zero-order chi connectivity index (χ0) is 10.8. The number of aromatic nitrogens is 1. The van der Waals surface area contributed by atoms with Crippen molar-refractivity contribution in [2.45, 2.75) is 6.42 Å². The first kappa shape index (κ1) is 9.51. The third-order valence-corrected chi connectivity index (χ3v) is 2.06. The molecule has 0 saturated heterocycles. The average Bonchev–Trinajstić information content (AvgIpc) is 2.57. The van der Waals surface area contributed by atoms with Crippen molar-refractivity contribution < 1.29 is 13.9 Å². The Morgan fingerprint density at radius 1 is 1.53 bits per heavy atom. The van der Waals surface area contributed by atoms with E-state index in [-0.39, 0.29) is 12.4 Å². The molecule has 0 atom stereocenters. The third-order valence-electron chi connectivity index (χ3n) is 2.06. The zero-order valence-electron chi connectivity index (χ0n) is 8.07. The molecule has 0 unspecified atom stereocenters. The summed E-state index contributed by atoms with van der Waals surface area (Å²) < 4.78 is 9.39. The normalized spacial score (nSPS) is 10.5. The minimum absolute atomic E-state index is 0.168. The number of esters is 1. The van der Waals surface area contributed by atoms with Gasteiger partial charge in [-0.2, -0.15) is 0 Å². The molecular weight excluding hydrogens is 198 g/mol. The summed E-state index contributed by atoms with van der Waals surface area (Å²) in [6.07, 6.45) is 0.168. The number of nitrogens with one attached hydrogen (secondary N) is 1. The van der Waals surface area contributed by atoms with Crippen LogP contribution in [-0.2, 0) is 16.0 Å². The predicted octanol–water partition coefficient (Wildman–Crippen LogP) is 0.837. The SMILES string of the molecule is COC(=O)Cc1ccc2[nH]c(=O)oc2c1. The van der Waals surface area contributed by atoms with Gasteiger partial charge in [0, 0.05) is 0 Å². The maximum Gasteiger partial charge on any atom is 0.417 e. The minimum atomic E-state index is -0.500. The number of aromatic amines is 1. The molecule has 1 N–H and O–H groups in total. The first-order valence-electron chi connectivity index (χ1n) is 4.37. The van der Waals surface area contributed by atoms with E-state index in [1.807, 2.05) is 0 Å². The first-order chi connectivity index (χ1) is 7.19. The van der Waals surface area contributed by atoms with E-state index >= 15 is 0 Å². The van der Waals surface area contributed by atoms with E-state index in [0.717, 1.165) is 5.56 Å². The molecule has 2 aromatic rings. The molecule has 1 aromatic heterocycles. The monoisotopic (exact) mass is 207 g/mol. The van der Waals surface area contributed by atoms with Crippen molar-refractivity contribution in [1.82, 2.24) is 4.98 Å². The van der Waals surface area contributed by atoms with Gasteiger partial charge in [0.1, 0.15) is 0 Å². The standard InChI is InChI=1S/C10H9NO4/c1-14-9(12)5-6-2-3-7-8(4-6)15-10(13)11-7/h2-4H,5H2,1H3,(H,11,13). The van der Waals surface area contributed by atoms with Gasteiger partial charge in [0.15, 0.2) is 5.58 Å². The number of carbonyl (C=O) groups excluding carboxylic acids is 1. The summed E-state index contributed by atoms with van der Waals surface area (Å²) >= 11 is 0. The van der Waals surface area contributed by atoms with Gasteiger partial charge in [-0.1, -0.05) is 6.07 Å². The molecule has 0 aliphatic heterocycles. The summed E-state index contributed by atoms with van der Waals surface area (Å²) in [6.45, 7) is 0. The Bertz CT molecular complexity index is 552. The van der Waals surface area contributed by atoms with Crippen molar-refractivity contribution in [3.63, 3.8) is 0 Å². The van der Waals surface area contributed by atoms with E-state index in [1.165, 1.54) is 7.11 Å². The fraction of sp³-hybridized carbons (Fsp3) is 0.200. The van der Waals surface area contributed by atoms with Crippen molar-refractivity contribution in [2.24, 2.45) is 0 Å². The van der Waals surface area contributed by atoms with Crippen molar-refractivity contribution in [1.29, 1.82) is 0 Å². The number of benzene rings is 1. The molecule has 5 nitrogen and oxygen atoms in total. The lowest BCUT2D eigenvalue weighted by Crippen LogP contribution is -2.03. The fourth-order valence-electron chi connectivity index (χ4n) is 1.34. The average molecular weight is 207 g/mol. The topological polar surface area (TPSA) is 72.3 Å². The second kappa shape index (κ2) is 3.61. The van der Waals surface area contributed by atoms with Crippen LogP contribution in [0.5, 0.6) is 0 Å². The van der Waals surface area contributed by atoms with Crippen molar-refractivity contribution >= 4 is 17.1 Å². The highest BCUT2D eigenvalue weighted by Gasteiger charge is 2.06.